The monoisotopic (exact) mass is 297 g/mol. The lowest BCUT2D eigenvalue weighted by molar-refractivity contribution is 0.0699. The van der Waals surface area contributed by atoms with Gasteiger partial charge in [0.1, 0.15) is 18.1 Å². The van der Waals surface area contributed by atoms with Gasteiger partial charge in [0, 0.05) is 5.39 Å². The van der Waals surface area contributed by atoms with Gasteiger partial charge >= 0.3 is 5.97 Å². The molecule has 5 heteroatoms. The Kier molecular flexibility index (Phi) is 3.70. The molecule has 0 aliphatic heterocycles. The fraction of sp³-hybridized carbons (Fsp3) is 0.118. The van der Waals surface area contributed by atoms with E-state index >= 15 is 0 Å². The summed E-state index contributed by atoms with van der Waals surface area (Å²) >= 11 is 0. The highest BCUT2D eigenvalue weighted by Gasteiger charge is 2.11. The number of aromatic nitrogens is 1. The fourth-order valence-electron chi connectivity index (χ4n) is 2.30. The van der Waals surface area contributed by atoms with Crippen molar-refractivity contribution < 1.29 is 19.4 Å². The van der Waals surface area contributed by atoms with Crippen LogP contribution < -0.4 is 9.47 Å². The molecule has 2 aromatic carbocycles. The molecular weight excluding hydrogens is 282 g/mol. The maximum absolute atomic E-state index is 11.2. The Bertz CT molecular complexity index is 805. The number of hydrogen-bond donors (Lipinski definition) is 2. The van der Waals surface area contributed by atoms with Gasteiger partial charge in [-0.15, -0.1) is 0 Å². The minimum absolute atomic E-state index is 0.258. The van der Waals surface area contributed by atoms with Crippen LogP contribution in [0.1, 0.15) is 16.1 Å². The number of nitrogens with one attached hydrogen (secondary N) is 1. The van der Waals surface area contributed by atoms with E-state index in [-0.39, 0.29) is 5.56 Å². The molecule has 0 atom stereocenters. The number of ether oxygens (including phenoxy) is 2. The van der Waals surface area contributed by atoms with E-state index in [2.05, 4.69) is 4.98 Å². The van der Waals surface area contributed by atoms with Crippen molar-refractivity contribution in [2.24, 2.45) is 0 Å². The molecule has 0 saturated carbocycles. The van der Waals surface area contributed by atoms with Gasteiger partial charge in [-0.1, -0.05) is 12.1 Å². The third kappa shape index (κ3) is 2.74. The maximum atomic E-state index is 11.2. The number of para-hydroxylation sites is 1. The van der Waals surface area contributed by atoms with Crippen molar-refractivity contribution in [3.05, 3.63) is 59.8 Å². The predicted molar refractivity (Wildman–Crippen MR) is 82.6 cm³/mol. The van der Waals surface area contributed by atoms with Crippen molar-refractivity contribution in [3.63, 3.8) is 0 Å². The Hall–Kier alpha value is -2.95. The lowest BCUT2D eigenvalue weighted by Crippen LogP contribution is -1.98. The maximum Gasteiger partial charge on any atom is 0.337 e. The number of rotatable bonds is 5. The molecular formula is C17H15NO4. The van der Waals surface area contributed by atoms with E-state index in [1.165, 1.54) is 0 Å². The van der Waals surface area contributed by atoms with Crippen LogP contribution in [-0.2, 0) is 6.61 Å². The van der Waals surface area contributed by atoms with Crippen LogP contribution >= 0.6 is 0 Å². The summed E-state index contributed by atoms with van der Waals surface area (Å²) < 4.78 is 10.8. The van der Waals surface area contributed by atoms with Gasteiger partial charge in [-0.05, 0) is 36.4 Å². The summed E-state index contributed by atoms with van der Waals surface area (Å²) in [6.45, 7) is 0.333. The molecule has 0 amide bonds. The smallest absolute Gasteiger partial charge is 0.337 e. The number of benzene rings is 2. The van der Waals surface area contributed by atoms with Crippen molar-refractivity contribution in [1.82, 2.24) is 4.98 Å². The predicted octanol–water partition coefficient (Wildman–Crippen LogP) is 3.45. The summed E-state index contributed by atoms with van der Waals surface area (Å²) in [7, 11) is 1.61. The number of methoxy groups -OCH3 is 1. The summed E-state index contributed by atoms with van der Waals surface area (Å²) in [4.78, 5) is 14.3. The molecule has 1 aromatic heterocycles. The zero-order valence-corrected chi connectivity index (χ0v) is 12.0. The Morgan fingerprint density at radius 1 is 1.14 bits per heavy atom. The number of H-pyrrole nitrogens is 1. The average molecular weight is 297 g/mol. The Morgan fingerprint density at radius 3 is 2.55 bits per heavy atom. The number of aromatic carboxylic acids is 1. The summed E-state index contributed by atoms with van der Waals surface area (Å²) in [6, 6.07) is 14.4. The fourth-order valence-corrected chi connectivity index (χ4v) is 2.30. The number of carbonyl (C=O) groups is 1. The highest BCUT2D eigenvalue weighted by molar-refractivity contribution is 6.02. The molecule has 0 unspecified atom stereocenters. The van der Waals surface area contributed by atoms with E-state index in [0.717, 1.165) is 22.6 Å². The molecule has 22 heavy (non-hydrogen) atoms. The molecule has 0 saturated heterocycles. The lowest BCUT2D eigenvalue weighted by atomic mass is 10.1. The van der Waals surface area contributed by atoms with Gasteiger partial charge in [-0.25, -0.2) is 4.79 Å². The first-order chi connectivity index (χ1) is 10.7. The van der Waals surface area contributed by atoms with Gasteiger partial charge in [0.15, 0.2) is 0 Å². The molecule has 112 valence electrons. The highest BCUT2D eigenvalue weighted by Crippen LogP contribution is 2.22. The second kappa shape index (κ2) is 5.81. The van der Waals surface area contributed by atoms with Gasteiger partial charge in [0.05, 0.1) is 23.9 Å². The standard InChI is InChI=1S/C17H15NO4/c1-21-13-5-7-14(8-6-13)22-10-12-9-11-3-2-4-15(17(19)20)16(11)18-12/h2-9,18H,10H2,1H3,(H,19,20). The molecule has 0 fully saturated rings. The number of fused-ring (bicyclic) bond motifs is 1. The average Bonchev–Trinajstić information content (AvgIpc) is 2.96. The Morgan fingerprint density at radius 2 is 1.86 bits per heavy atom. The zero-order valence-electron chi connectivity index (χ0n) is 12.0. The summed E-state index contributed by atoms with van der Waals surface area (Å²) in [5, 5.41) is 10.0. The molecule has 0 aliphatic rings. The van der Waals surface area contributed by atoms with Gasteiger partial charge < -0.3 is 19.6 Å². The largest absolute Gasteiger partial charge is 0.497 e. The third-order valence-corrected chi connectivity index (χ3v) is 3.40. The molecule has 5 nitrogen and oxygen atoms in total. The van der Waals surface area contributed by atoms with Crippen LogP contribution in [0.2, 0.25) is 0 Å². The molecule has 0 radical (unpaired) electrons. The van der Waals surface area contributed by atoms with Crippen molar-refractivity contribution in [2.75, 3.05) is 7.11 Å². The van der Waals surface area contributed by atoms with E-state index in [0.29, 0.717) is 12.1 Å². The van der Waals surface area contributed by atoms with Crippen LogP contribution in [-0.4, -0.2) is 23.2 Å². The molecule has 0 aliphatic carbocycles. The van der Waals surface area contributed by atoms with E-state index in [9.17, 15) is 9.90 Å². The molecule has 3 aromatic rings. The van der Waals surface area contributed by atoms with Gasteiger partial charge in [-0.3, -0.25) is 0 Å². The zero-order chi connectivity index (χ0) is 15.5. The van der Waals surface area contributed by atoms with Crippen LogP contribution in [0.15, 0.2) is 48.5 Å². The topological polar surface area (TPSA) is 71.6 Å². The van der Waals surface area contributed by atoms with Crippen LogP contribution in [0, 0.1) is 0 Å². The highest BCUT2D eigenvalue weighted by atomic mass is 16.5. The minimum Gasteiger partial charge on any atom is -0.497 e. The second-order valence-corrected chi connectivity index (χ2v) is 4.83. The Labute approximate surface area is 127 Å². The third-order valence-electron chi connectivity index (χ3n) is 3.40. The number of hydrogen-bond acceptors (Lipinski definition) is 3. The SMILES string of the molecule is COc1ccc(OCc2cc3cccc(C(=O)O)c3[nH]2)cc1. The molecule has 0 bridgehead atoms. The molecule has 3 rings (SSSR count). The first-order valence-electron chi connectivity index (χ1n) is 6.78. The number of carboxylic acid groups (broad SMARTS) is 1. The number of aromatic amines is 1. The van der Waals surface area contributed by atoms with Crippen LogP contribution in [0.25, 0.3) is 10.9 Å². The van der Waals surface area contributed by atoms with Crippen LogP contribution in [0.4, 0.5) is 0 Å². The van der Waals surface area contributed by atoms with E-state index in [1.54, 1.807) is 19.2 Å². The van der Waals surface area contributed by atoms with E-state index in [1.807, 2.05) is 36.4 Å². The van der Waals surface area contributed by atoms with Gasteiger partial charge in [-0.2, -0.15) is 0 Å². The van der Waals surface area contributed by atoms with Crippen LogP contribution in [0.3, 0.4) is 0 Å². The summed E-state index contributed by atoms with van der Waals surface area (Å²) in [6.07, 6.45) is 0. The van der Waals surface area contributed by atoms with Gasteiger partial charge in [0.25, 0.3) is 0 Å². The van der Waals surface area contributed by atoms with Crippen molar-refractivity contribution in [1.29, 1.82) is 0 Å². The first kappa shape index (κ1) is 14.0. The molecule has 1 heterocycles. The van der Waals surface area contributed by atoms with E-state index < -0.39 is 5.97 Å². The molecule has 2 N–H and O–H groups in total. The summed E-state index contributed by atoms with van der Waals surface area (Å²) in [5.41, 5.74) is 1.69. The summed E-state index contributed by atoms with van der Waals surface area (Å²) in [5.74, 6) is 0.539. The van der Waals surface area contributed by atoms with Crippen LogP contribution in [0.5, 0.6) is 11.5 Å². The minimum atomic E-state index is -0.949. The van der Waals surface area contributed by atoms with Crippen molar-refractivity contribution in [3.8, 4) is 11.5 Å². The second-order valence-electron chi connectivity index (χ2n) is 4.83. The van der Waals surface area contributed by atoms with Gasteiger partial charge in [0.2, 0.25) is 0 Å². The van der Waals surface area contributed by atoms with Crippen molar-refractivity contribution in [2.45, 2.75) is 6.61 Å². The lowest BCUT2D eigenvalue weighted by Gasteiger charge is -2.05. The molecule has 0 spiro atoms. The Balaban J connectivity index is 1.79. The number of carboxylic acids is 1. The van der Waals surface area contributed by atoms with Crippen molar-refractivity contribution >= 4 is 16.9 Å². The normalized spacial score (nSPS) is 10.6. The first-order valence-corrected chi connectivity index (χ1v) is 6.78. The van der Waals surface area contributed by atoms with E-state index in [4.69, 9.17) is 9.47 Å². The quantitative estimate of drug-likeness (QED) is 0.756.